The van der Waals surface area contributed by atoms with Crippen molar-refractivity contribution < 1.29 is 19.4 Å². The van der Waals surface area contributed by atoms with Gasteiger partial charge in [0.05, 0.1) is 21.8 Å². The molecule has 6 nitrogen and oxygen atoms in total. The first-order valence-electron chi connectivity index (χ1n) is 11.5. The van der Waals surface area contributed by atoms with Gasteiger partial charge in [-0.15, -0.1) is 0 Å². The highest BCUT2D eigenvalue weighted by atomic mass is 35.5. The van der Waals surface area contributed by atoms with E-state index in [0.717, 1.165) is 21.6 Å². The number of fused-ring (bicyclic) bond motifs is 2. The summed E-state index contributed by atoms with van der Waals surface area (Å²) in [5.74, 6) is -0.929. The zero-order valence-corrected chi connectivity index (χ0v) is 21.1. The van der Waals surface area contributed by atoms with Crippen LogP contribution >= 0.6 is 22.9 Å². The first-order valence-corrected chi connectivity index (χ1v) is 12.7. The summed E-state index contributed by atoms with van der Waals surface area (Å²) in [5, 5.41) is 12.4. The number of halogens is 1. The van der Waals surface area contributed by atoms with E-state index in [9.17, 15) is 14.7 Å². The van der Waals surface area contributed by atoms with E-state index in [1.165, 1.54) is 16.2 Å². The molecule has 1 fully saturated rings. The minimum absolute atomic E-state index is 0.0352. The predicted molar refractivity (Wildman–Crippen MR) is 141 cm³/mol. The number of ketones is 1. The SMILES string of the molecule is Cc1ccc(C2C(=C(O)c3ccc4c(c3)CC(C)O4)C(=O)C(=O)N2c2nc3ccc(Cl)cc3s2)cc1. The molecule has 3 aromatic carbocycles. The molecule has 36 heavy (non-hydrogen) atoms. The van der Waals surface area contributed by atoms with Crippen molar-refractivity contribution in [3.63, 3.8) is 0 Å². The normalized spacial score (nSPS) is 20.7. The number of rotatable bonds is 3. The molecule has 2 aliphatic rings. The van der Waals surface area contributed by atoms with E-state index in [1.807, 2.05) is 44.2 Å². The van der Waals surface area contributed by atoms with E-state index in [0.29, 0.717) is 33.2 Å². The number of carbonyl (C=O) groups excluding carboxylic acids is 2. The zero-order chi connectivity index (χ0) is 25.1. The van der Waals surface area contributed by atoms with Gasteiger partial charge in [-0.1, -0.05) is 52.8 Å². The summed E-state index contributed by atoms with van der Waals surface area (Å²) in [7, 11) is 0. The smallest absolute Gasteiger partial charge is 0.301 e. The van der Waals surface area contributed by atoms with Crippen LogP contribution in [0.1, 0.15) is 35.2 Å². The molecule has 1 aromatic heterocycles. The monoisotopic (exact) mass is 516 g/mol. The van der Waals surface area contributed by atoms with Crippen LogP contribution in [0.3, 0.4) is 0 Å². The second-order valence-electron chi connectivity index (χ2n) is 9.14. The number of benzene rings is 3. The molecule has 0 aliphatic carbocycles. The van der Waals surface area contributed by atoms with Gasteiger partial charge in [-0.3, -0.25) is 14.5 Å². The summed E-state index contributed by atoms with van der Waals surface area (Å²) in [6, 6.07) is 17.4. The maximum atomic E-state index is 13.4. The molecule has 180 valence electrons. The van der Waals surface area contributed by atoms with Crippen LogP contribution in [0.25, 0.3) is 16.0 Å². The number of thiazole rings is 1. The Hall–Kier alpha value is -3.68. The topological polar surface area (TPSA) is 79.7 Å². The molecule has 0 spiro atoms. The van der Waals surface area contributed by atoms with Gasteiger partial charge in [0, 0.05) is 17.0 Å². The Labute approximate surface area is 216 Å². The molecule has 0 radical (unpaired) electrons. The molecule has 2 atom stereocenters. The molecule has 8 heteroatoms. The van der Waals surface area contributed by atoms with Crippen molar-refractivity contribution in [2.45, 2.75) is 32.4 Å². The maximum Gasteiger partial charge on any atom is 0.301 e. The third kappa shape index (κ3) is 3.67. The van der Waals surface area contributed by atoms with Crippen molar-refractivity contribution >= 4 is 55.7 Å². The van der Waals surface area contributed by atoms with Crippen LogP contribution in [-0.4, -0.2) is 27.9 Å². The molecule has 1 amide bonds. The van der Waals surface area contributed by atoms with Gasteiger partial charge in [0.2, 0.25) is 0 Å². The van der Waals surface area contributed by atoms with Crippen molar-refractivity contribution in [1.29, 1.82) is 0 Å². The standard InChI is InChI=1S/C28H21ClN2O4S/c1-14-3-5-16(6-4-14)24-23(25(32)17-7-10-21-18(12-17)11-15(2)35-21)26(33)27(34)31(24)28-30-20-9-8-19(29)13-22(20)36-28/h3-10,12-13,15,24,32H,11H2,1-2H3. The lowest BCUT2D eigenvalue weighted by Gasteiger charge is -2.23. The quantitative estimate of drug-likeness (QED) is 0.199. The summed E-state index contributed by atoms with van der Waals surface area (Å²) in [4.78, 5) is 32.9. The van der Waals surface area contributed by atoms with Crippen molar-refractivity contribution in [3.05, 3.63) is 93.5 Å². The molecule has 0 saturated carbocycles. The van der Waals surface area contributed by atoms with Gasteiger partial charge < -0.3 is 9.84 Å². The molecule has 2 aliphatic heterocycles. The van der Waals surface area contributed by atoms with E-state index in [-0.39, 0.29) is 17.4 Å². The summed E-state index contributed by atoms with van der Waals surface area (Å²) in [5.41, 5.74) is 3.88. The Morgan fingerprint density at radius 1 is 1.11 bits per heavy atom. The Kier molecular flexibility index (Phi) is 5.35. The van der Waals surface area contributed by atoms with Crippen molar-refractivity contribution in [1.82, 2.24) is 4.98 Å². The van der Waals surface area contributed by atoms with E-state index >= 15 is 0 Å². The number of aromatic nitrogens is 1. The highest BCUT2D eigenvalue weighted by molar-refractivity contribution is 7.22. The molecule has 0 bridgehead atoms. The Balaban J connectivity index is 1.53. The Morgan fingerprint density at radius 3 is 2.67 bits per heavy atom. The van der Waals surface area contributed by atoms with E-state index < -0.39 is 17.7 Å². The number of aryl methyl sites for hydroxylation is 1. The molecule has 6 rings (SSSR count). The lowest BCUT2D eigenvalue weighted by atomic mass is 9.94. The number of nitrogens with zero attached hydrogens (tertiary/aromatic N) is 2. The van der Waals surface area contributed by atoms with E-state index in [4.69, 9.17) is 16.3 Å². The first kappa shape index (κ1) is 22.8. The average Bonchev–Trinajstić information content (AvgIpc) is 3.51. The van der Waals surface area contributed by atoms with E-state index in [2.05, 4.69) is 4.98 Å². The molecular formula is C28H21ClN2O4S. The minimum Gasteiger partial charge on any atom is -0.507 e. The minimum atomic E-state index is -0.829. The van der Waals surface area contributed by atoms with Crippen molar-refractivity contribution in [2.75, 3.05) is 4.90 Å². The van der Waals surface area contributed by atoms with Gasteiger partial charge in [0.15, 0.2) is 5.13 Å². The van der Waals surface area contributed by atoms with Crippen LogP contribution in [0, 0.1) is 6.92 Å². The highest BCUT2D eigenvalue weighted by Crippen LogP contribution is 2.45. The van der Waals surface area contributed by atoms with Crippen molar-refractivity contribution in [2.24, 2.45) is 0 Å². The predicted octanol–water partition coefficient (Wildman–Crippen LogP) is 6.21. The zero-order valence-electron chi connectivity index (χ0n) is 19.5. The number of amides is 1. The molecule has 2 unspecified atom stereocenters. The summed E-state index contributed by atoms with van der Waals surface area (Å²) in [6.07, 6.45) is 0.753. The third-order valence-electron chi connectivity index (χ3n) is 6.55. The van der Waals surface area contributed by atoms with Crippen LogP contribution in [0.4, 0.5) is 5.13 Å². The van der Waals surface area contributed by atoms with Crippen LogP contribution in [0.5, 0.6) is 5.75 Å². The van der Waals surface area contributed by atoms with E-state index in [1.54, 1.807) is 30.3 Å². The highest BCUT2D eigenvalue weighted by Gasteiger charge is 2.48. The molecule has 4 aromatic rings. The molecular weight excluding hydrogens is 496 g/mol. The first-order chi connectivity index (χ1) is 17.3. The fraction of sp³-hybridized carbons (Fsp3) is 0.179. The number of Topliss-reactive ketones (excluding diaryl/α,β-unsaturated/α-hetero) is 1. The molecule has 1 saturated heterocycles. The summed E-state index contributed by atoms with van der Waals surface area (Å²) < 4.78 is 6.58. The second-order valence-corrected chi connectivity index (χ2v) is 10.6. The third-order valence-corrected chi connectivity index (χ3v) is 7.80. The van der Waals surface area contributed by atoms with Gasteiger partial charge in [0.25, 0.3) is 5.78 Å². The number of anilines is 1. The molecule has 1 N–H and O–H groups in total. The number of hydrogen-bond acceptors (Lipinski definition) is 6. The number of aliphatic hydroxyl groups excluding tert-OH is 1. The van der Waals surface area contributed by atoms with Crippen LogP contribution in [-0.2, 0) is 16.0 Å². The van der Waals surface area contributed by atoms with Gasteiger partial charge in [-0.2, -0.15) is 0 Å². The van der Waals surface area contributed by atoms with Gasteiger partial charge >= 0.3 is 5.91 Å². The number of hydrogen-bond donors (Lipinski definition) is 1. The summed E-state index contributed by atoms with van der Waals surface area (Å²) >= 11 is 7.43. The summed E-state index contributed by atoms with van der Waals surface area (Å²) in [6.45, 7) is 3.94. The lowest BCUT2D eigenvalue weighted by Crippen LogP contribution is -2.29. The number of aliphatic hydroxyl groups is 1. The fourth-order valence-electron chi connectivity index (χ4n) is 4.81. The number of ether oxygens (including phenoxy) is 1. The average molecular weight is 517 g/mol. The molecule has 3 heterocycles. The largest absolute Gasteiger partial charge is 0.507 e. The Morgan fingerprint density at radius 2 is 1.89 bits per heavy atom. The van der Waals surface area contributed by atoms with Crippen molar-refractivity contribution in [3.8, 4) is 5.75 Å². The van der Waals surface area contributed by atoms with Crippen LogP contribution < -0.4 is 9.64 Å². The van der Waals surface area contributed by atoms with Crippen LogP contribution in [0.15, 0.2) is 66.2 Å². The van der Waals surface area contributed by atoms with Gasteiger partial charge in [-0.25, -0.2) is 4.98 Å². The fourth-order valence-corrected chi connectivity index (χ4v) is 6.08. The lowest BCUT2D eigenvalue weighted by molar-refractivity contribution is -0.132. The Bertz CT molecular complexity index is 1590. The second kappa shape index (κ2) is 8.47. The maximum absolute atomic E-state index is 13.4. The van der Waals surface area contributed by atoms with Crippen LogP contribution in [0.2, 0.25) is 5.02 Å². The number of carbonyl (C=O) groups is 2. The van der Waals surface area contributed by atoms with Gasteiger partial charge in [0.1, 0.15) is 17.6 Å². The van der Waals surface area contributed by atoms with Gasteiger partial charge in [-0.05, 0) is 61.4 Å².